The average molecular weight is 500 g/mol. The van der Waals surface area contributed by atoms with Gasteiger partial charge in [0.2, 0.25) is 0 Å². The molecule has 0 saturated heterocycles. The zero-order valence-corrected chi connectivity index (χ0v) is 21.3. The summed E-state index contributed by atoms with van der Waals surface area (Å²) >= 11 is 0. The van der Waals surface area contributed by atoms with Crippen LogP contribution in [0.15, 0.2) is 54.0 Å². The van der Waals surface area contributed by atoms with Crippen molar-refractivity contribution in [1.29, 1.82) is 5.26 Å². The fraction of sp³-hybridized carbons (Fsp3) is 0.393. The van der Waals surface area contributed by atoms with Crippen molar-refractivity contribution in [2.45, 2.75) is 45.7 Å². The van der Waals surface area contributed by atoms with E-state index in [1.807, 2.05) is 30.6 Å². The Balaban J connectivity index is 1.47. The number of pyridine rings is 1. The van der Waals surface area contributed by atoms with Gasteiger partial charge >= 0.3 is 6.09 Å². The number of hydrogen-bond donors (Lipinski definition) is 2. The number of hydrogen-bond acceptors (Lipinski definition) is 6. The van der Waals surface area contributed by atoms with E-state index in [0.29, 0.717) is 17.8 Å². The molecule has 1 aromatic carbocycles. The molecule has 1 aliphatic carbocycles. The minimum Gasteiger partial charge on any atom is -0.465 e. The summed E-state index contributed by atoms with van der Waals surface area (Å²) in [7, 11) is 1.68. The predicted octanol–water partition coefficient (Wildman–Crippen LogP) is 4.68. The lowest BCUT2D eigenvalue weighted by Gasteiger charge is -2.40. The molecule has 1 fully saturated rings. The third kappa shape index (κ3) is 6.15. The Morgan fingerprint density at radius 2 is 2.22 bits per heavy atom. The number of rotatable bonds is 8. The number of imidazole rings is 1. The molecule has 0 aliphatic heterocycles. The Bertz CT molecular complexity index is 1370. The van der Waals surface area contributed by atoms with Crippen molar-refractivity contribution in [3.63, 3.8) is 0 Å². The molecule has 4 rings (SSSR count). The lowest BCUT2D eigenvalue weighted by atomic mass is 9.70. The highest BCUT2D eigenvalue weighted by Crippen LogP contribution is 2.41. The van der Waals surface area contributed by atoms with E-state index >= 15 is 0 Å². The van der Waals surface area contributed by atoms with Crippen molar-refractivity contribution < 1.29 is 9.90 Å². The van der Waals surface area contributed by atoms with Gasteiger partial charge in [-0.15, -0.1) is 0 Å². The van der Waals surface area contributed by atoms with Gasteiger partial charge in [0.05, 0.1) is 41.2 Å². The Morgan fingerprint density at radius 3 is 2.95 bits per heavy atom. The SMILES string of the molecule is CN=CC(=CN)c1ccnc(CN(CC2CCC[C@](C)(Cn3cnc4ccc(C#N)cc43)C2)C(=O)O)c1. The highest BCUT2D eigenvalue weighted by atomic mass is 16.4. The predicted molar refractivity (Wildman–Crippen MR) is 144 cm³/mol. The second kappa shape index (κ2) is 11.2. The first-order valence-electron chi connectivity index (χ1n) is 12.5. The van der Waals surface area contributed by atoms with Crippen molar-refractivity contribution >= 4 is 28.9 Å². The van der Waals surface area contributed by atoms with E-state index in [1.54, 1.807) is 25.5 Å². The first kappa shape index (κ1) is 25.9. The molecular formula is C28H33N7O2. The van der Waals surface area contributed by atoms with Gasteiger partial charge in [-0.25, -0.2) is 9.78 Å². The van der Waals surface area contributed by atoms with Crippen LogP contribution in [0.25, 0.3) is 16.6 Å². The summed E-state index contributed by atoms with van der Waals surface area (Å²) in [5.41, 5.74) is 10.5. The minimum absolute atomic E-state index is 0.00183. The van der Waals surface area contributed by atoms with Crippen LogP contribution in [0.3, 0.4) is 0 Å². The summed E-state index contributed by atoms with van der Waals surface area (Å²) in [6, 6.07) is 11.5. The smallest absolute Gasteiger partial charge is 0.407 e. The summed E-state index contributed by atoms with van der Waals surface area (Å²) < 4.78 is 2.13. The van der Waals surface area contributed by atoms with Crippen molar-refractivity contribution in [2.24, 2.45) is 22.1 Å². The van der Waals surface area contributed by atoms with E-state index < -0.39 is 6.09 Å². The summed E-state index contributed by atoms with van der Waals surface area (Å²) in [6.45, 7) is 3.71. The quantitative estimate of drug-likeness (QED) is 0.432. The minimum atomic E-state index is -0.950. The van der Waals surface area contributed by atoms with E-state index in [9.17, 15) is 15.2 Å². The van der Waals surface area contributed by atoms with Crippen LogP contribution in [0.2, 0.25) is 0 Å². The van der Waals surface area contributed by atoms with E-state index in [-0.39, 0.29) is 17.9 Å². The van der Waals surface area contributed by atoms with E-state index in [2.05, 4.69) is 32.5 Å². The molecule has 2 heterocycles. The fourth-order valence-corrected chi connectivity index (χ4v) is 5.50. The third-order valence-electron chi connectivity index (χ3n) is 7.18. The molecule has 1 saturated carbocycles. The number of aromatic nitrogens is 3. The average Bonchev–Trinajstić information content (AvgIpc) is 3.28. The maximum absolute atomic E-state index is 12.2. The van der Waals surface area contributed by atoms with Crippen molar-refractivity contribution in [3.8, 4) is 6.07 Å². The van der Waals surface area contributed by atoms with E-state index in [0.717, 1.165) is 54.4 Å². The van der Waals surface area contributed by atoms with Gasteiger partial charge in [0.1, 0.15) is 0 Å². The van der Waals surface area contributed by atoms with Crippen LogP contribution in [-0.2, 0) is 13.1 Å². The van der Waals surface area contributed by atoms with Gasteiger partial charge in [0.25, 0.3) is 0 Å². The lowest BCUT2D eigenvalue weighted by Crippen LogP contribution is -2.38. The Kier molecular flexibility index (Phi) is 7.87. The fourth-order valence-electron chi connectivity index (χ4n) is 5.50. The number of carboxylic acid groups (broad SMARTS) is 1. The van der Waals surface area contributed by atoms with Crippen molar-refractivity contribution in [1.82, 2.24) is 19.4 Å². The molecule has 3 aromatic rings. The van der Waals surface area contributed by atoms with Crippen LogP contribution in [0.4, 0.5) is 4.79 Å². The number of fused-ring (bicyclic) bond motifs is 1. The maximum Gasteiger partial charge on any atom is 0.407 e. The van der Waals surface area contributed by atoms with Gasteiger partial charge in [-0.1, -0.05) is 13.3 Å². The molecule has 1 amide bonds. The molecule has 9 heteroatoms. The van der Waals surface area contributed by atoms with Crippen molar-refractivity contribution in [2.75, 3.05) is 13.6 Å². The molecular weight excluding hydrogens is 466 g/mol. The molecule has 0 spiro atoms. The van der Waals surface area contributed by atoms with Gasteiger partial charge in [0, 0.05) is 44.3 Å². The summed E-state index contributed by atoms with van der Waals surface area (Å²) in [4.78, 5) is 26.6. The third-order valence-corrected chi connectivity index (χ3v) is 7.18. The van der Waals surface area contributed by atoms with E-state index in [1.165, 1.54) is 11.1 Å². The molecule has 37 heavy (non-hydrogen) atoms. The first-order chi connectivity index (χ1) is 17.8. The molecule has 0 radical (unpaired) electrons. The van der Waals surface area contributed by atoms with Crippen molar-refractivity contribution in [3.05, 3.63) is 65.9 Å². The topological polar surface area (TPSA) is 133 Å². The molecule has 2 aromatic heterocycles. The van der Waals surface area contributed by atoms with Crippen LogP contribution < -0.4 is 5.73 Å². The Labute approximate surface area is 217 Å². The number of allylic oxidation sites excluding steroid dienone is 1. The largest absolute Gasteiger partial charge is 0.465 e. The monoisotopic (exact) mass is 499 g/mol. The molecule has 3 N–H and O–H groups in total. The Hall–Kier alpha value is -4.19. The highest BCUT2D eigenvalue weighted by Gasteiger charge is 2.34. The summed E-state index contributed by atoms with van der Waals surface area (Å²) in [6.07, 6.45) is 9.71. The molecule has 192 valence electrons. The standard InChI is InChI=1S/C28H33N7O2/c1-28(18-35-19-33-25-6-5-20(13-29)10-26(25)35)8-3-4-21(12-28)16-34(27(36)37)17-24-11-22(7-9-32-24)23(14-30)15-31-2/h5-7,9-11,14-15,19,21H,3-4,8,12,16-18,30H2,1-2H3,(H,36,37)/t21?,28-/m0/s1. The maximum atomic E-state index is 12.2. The number of benzene rings is 1. The van der Waals surface area contributed by atoms with Gasteiger partial charge in [0.15, 0.2) is 0 Å². The van der Waals surface area contributed by atoms with Crippen LogP contribution in [-0.4, -0.2) is 50.4 Å². The molecule has 1 aliphatic rings. The zero-order chi connectivity index (χ0) is 26.4. The second-order valence-corrected chi connectivity index (χ2v) is 10.2. The molecule has 1 unspecified atom stereocenters. The number of amides is 1. The number of carbonyl (C=O) groups is 1. The Morgan fingerprint density at radius 1 is 1.38 bits per heavy atom. The van der Waals surface area contributed by atoms with Crippen LogP contribution >= 0.6 is 0 Å². The second-order valence-electron chi connectivity index (χ2n) is 10.2. The summed E-state index contributed by atoms with van der Waals surface area (Å²) in [5, 5.41) is 19.3. The summed E-state index contributed by atoms with van der Waals surface area (Å²) in [5.74, 6) is 0.245. The van der Waals surface area contributed by atoms with Crippen LogP contribution in [0.1, 0.15) is 49.4 Å². The van der Waals surface area contributed by atoms with Gasteiger partial charge < -0.3 is 20.3 Å². The molecule has 9 nitrogen and oxygen atoms in total. The highest BCUT2D eigenvalue weighted by molar-refractivity contribution is 6.09. The first-order valence-corrected chi connectivity index (χ1v) is 12.5. The van der Waals surface area contributed by atoms with Gasteiger partial charge in [-0.2, -0.15) is 5.26 Å². The number of aliphatic imine (C=N–C) groups is 1. The number of nitrogens with two attached hydrogens (primary N) is 1. The van der Waals surface area contributed by atoms with Gasteiger partial charge in [-0.05, 0) is 66.5 Å². The normalized spacial score (nSPS) is 20.2. The van der Waals surface area contributed by atoms with Crippen LogP contribution in [0.5, 0.6) is 0 Å². The number of nitrogens with zero attached hydrogens (tertiary/aromatic N) is 6. The number of nitriles is 1. The zero-order valence-electron chi connectivity index (χ0n) is 21.3. The van der Waals surface area contributed by atoms with E-state index in [4.69, 9.17) is 5.73 Å². The molecule has 0 bridgehead atoms. The molecule has 2 atom stereocenters. The van der Waals surface area contributed by atoms with Gasteiger partial charge in [-0.3, -0.25) is 9.98 Å². The van der Waals surface area contributed by atoms with Crippen LogP contribution in [0, 0.1) is 22.7 Å². The lowest BCUT2D eigenvalue weighted by molar-refractivity contribution is 0.0922.